The second kappa shape index (κ2) is 7.91. The predicted octanol–water partition coefficient (Wildman–Crippen LogP) is 4.09. The zero-order valence-electron chi connectivity index (χ0n) is 16.8. The van der Waals surface area contributed by atoms with Gasteiger partial charge in [0.05, 0.1) is 24.3 Å². The van der Waals surface area contributed by atoms with E-state index in [1.807, 2.05) is 12.2 Å². The number of carbonyl (C=O) groups is 3. The minimum Gasteiger partial charge on any atom is -0.300 e. The monoisotopic (exact) mass is 496 g/mol. The maximum atomic E-state index is 13.3. The van der Waals surface area contributed by atoms with E-state index in [1.54, 1.807) is 24.3 Å². The molecule has 1 N–H and O–H groups in total. The highest BCUT2D eigenvalue weighted by Crippen LogP contribution is 2.54. The van der Waals surface area contributed by atoms with E-state index in [1.165, 1.54) is 0 Å². The van der Waals surface area contributed by atoms with Crippen molar-refractivity contribution in [3.8, 4) is 0 Å². The van der Waals surface area contributed by atoms with Gasteiger partial charge in [-0.1, -0.05) is 53.3 Å². The molecular formula is C21H16ClF3N4O3S. The number of amides is 3. The van der Waals surface area contributed by atoms with E-state index in [9.17, 15) is 27.6 Å². The molecular weight excluding hydrogens is 481 g/mol. The second-order valence-corrected chi connectivity index (χ2v) is 9.63. The number of likely N-dealkylation sites (tertiary alicyclic amines) is 1. The lowest BCUT2D eigenvalue weighted by Crippen LogP contribution is -2.38. The van der Waals surface area contributed by atoms with Crippen molar-refractivity contribution in [1.29, 1.82) is 0 Å². The molecule has 1 saturated heterocycles. The third-order valence-corrected chi connectivity index (χ3v) is 7.60. The van der Waals surface area contributed by atoms with Gasteiger partial charge in [0.1, 0.15) is 0 Å². The molecule has 1 aromatic carbocycles. The zero-order chi connectivity index (χ0) is 23.5. The summed E-state index contributed by atoms with van der Waals surface area (Å²) in [4.78, 5) is 40.5. The first-order valence-electron chi connectivity index (χ1n) is 10.2. The van der Waals surface area contributed by atoms with E-state index in [2.05, 4.69) is 15.5 Å². The fraction of sp³-hybridized carbons (Fsp3) is 0.381. The van der Waals surface area contributed by atoms with Crippen molar-refractivity contribution in [3.05, 3.63) is 52.0 Å². The van der Waals surface area contributed by atoms with Crippen molar-refractivity contribution >= 4 is 45.8 Å². The summed E-state index contributed by atoms with van der Waals surface area (Å²) in [6, 6.07) is 5.55. The number of carbonyl (C=O) groups excluding carboxylic acids is 3. The molecule has 5 unspecified atom stereocenters. The van der Waals surface area contributed by atoms with Gasteiger partial charge in [0.15, 0.2) is 0 Å². The fourth-order valence-corrected chi connectivity index (χ4v) is 5.94. The summed E-state index contributed by atoms with van der Waals surface area (Å²) in [5, 5.41) is 7.43. The minimum absolute atomic E-state index is 0.00986. The molecule has 5 atom stereocenters. The van der Waals surface area contributed by atoms with Crippen LogP contribution < -0.4 is 5.32 Å². The van der Waals surface area contributed by atoms with Crippen LogP contribution in [-0.4, -0.2) is 32.8 Å². The second-order valence-electron chi connectivity index (χ2n) is 8.25. The molecule has 0 spiro atoms. The van der Waals surface area contributed by atoms with Crippen LogP contribution in [0.4, 0.5) is 18.3 Å². The van der Waals surface area contributed by atoms with Crippen LogP contribution in [0.25, 0.3) is 0 Å². The molecule has 2 aromatic rings. The molecule has 0 radical (unpaired) electrons. The molecule has 1 aliphatic heterocycles. The summed E-state index contributed by atoms with van der Waals surface area (Å²) in [5.74, 6) is -2.36. The van der Waals surface area contributed by atoms with Gasteiger partial charge in [0.2, 0.25) is 27.9 Å². The average Bonchev–Trinajstić information content (AvgIpc) is 3.51. The number of rotatable bonds is 5. The molecule has 12 heteroatoms. The van der Waals surface area contributed by atoms with E-state index in [0.29, 0.717) is 5.56 Å². The summed E-state index contributed by atoms with van der Waals surface area (Å²) >= 11 is 6.53. The first-order valence-corrected chi connectivity index (χ1v) is 11.3. The molecule has 33 heavy (non-hydrogen) atoms. The summed E-state index contributed by atoms with van der Waals surface area (Å²) < 4.78 is 38.3. The molecule has 172 valence electrons. The lowest BCUT2D eigenvalue weighted by atomic mass is 9.85. The smallest absolute Gasteiger partial charge is 0.300 e. The van der Waals surface area contributed by atoms with Crippen molar-refractivity contribution in [2.24, 2.45) is 23.7 Å². The van der Waals surface area contributed by atoms with Gasteiger partial charge < -0.3 is 5.32 Å². The van der Waals surface area contributed by atoms with Crippen LogP contribution in [0.3, 0.4) is 0 Å². The van der Waals surface area contributed by atoms with Gasteiger partial charge in [-0.3, -0.25) is 19.3 Å². The van der Waals surface area contributed by atoms with Gasteiger partial charge in [0, 0.05) is 5.02 Å². The number of alkyl halides is 3. The van der Waals surface area contributed by atoms with Gasteiger partial charge in [0.25, 0.3) is 0 Å². The number of benzene rings is 1. The Bertz CT molecular complexity index is 1150. The fourth-order valence-electron chi connectivity index (χ4n) is 5.05. The molecule has 1 aromatic heterocycles. The van der Waals surface area contributed by atoms with Crippen LogP contribution >= 0.6 is 22.9 Å². The Morgan fingerprint density at radius 3 is 2.36 bits per heavy atom. The van der Waals surface area contributed by atoms with Crippen LogP contribution in [0.1, 0.15) is 29.5 Å². The minimum atomic E-state index is -4.68. The van der Waals surface area contributed by atoms with Crippen LogP contribution in [0.15, 0.2) is 36.4 Å². The van der Waals surface area contributed by atoms with Crippen LogP contribution in [-0.2, 0) is 20.6 Å². The van der Waals surface area contributed by atoms with Crippen molar-refractivity contribution < 1.29 is 27.6 Å². The van der Waals surface area contributed by atoms with Crippen LogP contribution in [0.2, 0.25) is 5.02 Å². The van der Waals surface area contributed by atoms with E-state index in [4.69, 9.17) is 11.6 Å². The summed E-state index contributed by atoms with van der Waals surface area (Å²) in [5.41, 5.74) is 0.407. The maximum Gasteiger partial charge on any atom is 0.445 e. The molecule has 2 fully saturated rings. The Morgan fingerprint density at radius 1 is 1.15 bits per heavy atom. The number of imide groups is 1. The molecule has 2 bridgehead atoms. The summed E-state index contributed by atoms with van der Waals surface area (Å²) in [6.07, 6.45) is -0.377. The topological polar surface area (TPSA) is 92.3 Å². The van der Waals surface area contributed by atoms with Gasteiger partial charge in [-0.15, -0.1) is 10.2 Å². The highest BCUT2D eigenvalue weighted by atomic mass is 35.5. The highest BCUT2D eigenvalue weighted by Gasteiger charge is 2.60. The molecule has 1 saturated carbocycles. The average molecular weight is 497 g/mol. The van der Waals surface area contributed by atoms with Crippen LogP contribution in [0.5, 0.6) is 0 Å². The Balaban J connectivity index is 1.42. The lowest BCUT2D eigenvalue weighted by molar-refractivity contribution is -0.144. The van der Waals surface area contributed by atoms with Crippen molar-refractivity contribution in [2.75, 3.05) is 5.32 Å². The summed E-state index contributed by atoms with van der Waals surface area (Å²) in [6.45, 7) is 0. The largest absolute Gasteiger partial charge is 0.445 e. The van der Waals surface area contributed by atoms with Gasteiger partial charge >= 0.3 is 6.18 Å². The van der Waals surface area contributed by atoms with Crippen LogP contribution in [0, 0.1) is 23.7 Å². The molecule has 5 rings (SSSR count). The van der Waals surface area contributed by atoms with Crippen molar-refractivity contribution in [2.45, 2.75) is 25.1 Å². The summed E-state index contributed by atoms with van der Waals surface area (Å²) in [7, 11) is 0. The Hall–Kier alpha value is -2.79. The van der Waals surface area contributed by atoms with E-state index >= 15 is 0 Å². The maximum absolute atomic E-state index is 13.3. The number of fused-ring (bicyclic) bond motifs is 5. The van der Waals surface area contributed by atoms with Gasteiger partial charge in [-0.05, 0) is 29.9 Å². The number of anilines is 1. The molecule has 3 amide bonds. The number of nitrogens with one attached hydrogen (secondary N) is 1. The zero-order valence-corrected chi connectivity index (χ0v) is 18.3. The number of hydrogen-bond donors (Lipinski definition) is 1. The highest BCUT2D eigenvalue weighted by molar-refractivity contribution is 7.15. The number of aromatic nitrogens is 2. The van der Waals surface area contributed by atoms with Gasteiger partial charge in [-0.2, -0.15) is 13.2 Å². The molecule has 2 heterocycles. The first-order chi connectivity index (χ1) is 15.6. The quantitative estimate of drug-likeness (QED) is 0.497. The normalized spacial score (nSPS) is 26.7. The third kappa shape index (κ3) is 3.72. The number of allylic oxidation sites excluding steroid dienone is 2. The van der Waals surface area contributed by atoms with Crippen molar-refractivity contribution in [1.82, 2.24) is 15.1 Å². The molecule has 3 aliphatic rings. The standard InChI is InChI=1S/C21H16ClF3N4O3S/c22-12-4-2-1-3-11(12)13(8-14(30)26-20-28-27-19(33-20)21(23,24)25)29-17(31)15-9-5-6-10(7-9)16(15)18(29)32/h1-6,9-10,13,15-16H,7-8H2,(H,26,28,30). The molecule has 7 nitrogen and oxygen atoms in total. The number of halogens is 4. The Kier molecular flexibility index (Phi) is 5.28. The molecule has 2 aliphatic carbocycles. The Morgan fingerprint density at radius 2 is 1.79 bits per heavy atom. The van der Waals surface area contributed by atoms with E-state index < -0.39 is 35.0 Å². The van der Waals surface area contributed by atoms with Gasteiger partial charge in [-0.25, -0.2) is 0 Å². The first kappa shape index (κ1) is 22.0. The predicted molar refractivity (Wildman–Crippen MR) is 112 cm³/mol. The van der Waals surface area contributed by atoms with E-state index in [0.717, 1.165) is 11.3 Å². The lowest BCUT2D eigenvalue weighted by Gasteiger charge is -2.28. The third-order valence-electron chi connectivity index (χ3n) is 6.37. The van der Waals surface area contributed by atoms with E-state index in [-0.39, 0.29) is 51.6 Å². The number of nitrogens with zero attached hydrogens (tertiary/aromatic N) is 3. The SMILES string of the molecule is O=C(CC(c1ccccc1Cl)N1C(=O)C2C3C=CC(C3)C2C1=O)Nc1nnc(C(F)(F)F)s1. The Labute approximate surface area is 194 Å². The van der Waals surface area contributed by atoms with Crippen molar-refractivity contribution in [3.63, 3.8) is 0 Å². The number of hydrogen-bond acceptors (Lipinski definition) is 6.